The summed E-state index contributed by atoms with van der Waals surface area (Å²) in [5.74, 6) is 1.69. The molecule has 0 aliphatic carbocycles. The van der Waals surface area contributed by atoms with Gasteiger partial charge in [0.05, 0.1) is 11.0 Å². The highest BCUT2D eigenvalue weighted by atomic mass is 35.5. The molecule has 4 heteroatoms. The standard InChI is InChI=1S/C23H21ClN2O/c1-16-7-8-17(2)18(13-16)14-26-22-6-4-3-5-21(22)25-23(26)15-27-20-11-9-19(24)10-12-20/h3-13H,14-15H2,1-2H3. The lowest BCUT2D eigenvalue weighted by atomic mass is 10.1. The third-order valence-corrected chi connectivity index (χ3v) is 5.00. The lowest BCUT2D eigenvalue weighted by molar-refractivity contribution is 0.291. The van der Waals surface area contributed by atoms with Gasteiger partial charge in [-0.1, -0.05) is 47.5 Å². The zero-order chi connectivity index (χ0) is 18.8. The Morgan fingerprint density at radius 3 is 2.56 bits per heavy atom. The molecule has 1 heterocycles. The molecule has 4 aromatic rings. The summed E-state index contributed by atoms with van der Waals surface area (Å²) in [6, 6.07) is 22.2. The number of halogens is 1. The summed E-state index contributed by atoms with van der Waals surface area (Å²) in [5.41, 5.74) is 5.94. The molecule has 0 saturated heterocycles. The van der Waals surface area contributed by atoms with E-state index in [9.17, 15) is 0 Å². The summed E-state index contributed by atoms with van der Waals surface area (Å²) < 4.78 is 8.21. The number of hydrogen-bond acceptors (Lipinski definition) is 2. The third-order valence-electron chi connectivity index (χ3n) is 4.75. The number of benzene rings is 3. The van der Waals surface area contributed by atoms with Crippen molar-refractivity contribution in [1.29, 1.82) is 0 Å². The summed E-state index contributed by atoms with van der Waals surface area (Å²) in [7, 11) is 0. The molecule has 1 aromatic heterocycles. The fraction of sp³-hybridized carbons (Fsp3) is 0.174. The average Bonchev–Trinajstić information content (AvgIpc) is 3.02. The van der Waals surface area contributed by atoms with E-state index in [2.05, 4.69) is 42.7 Å². The van der Waals surface area contributed by atoms with Crippen LogP contribution in [0.5, 0.6) is 5.75 Å². The summed E-state index contributed by atoms with van der Waals surface area (Å²) in [6.07, 6.45) is 0. The maximum atomic E-state index is 5.97. The predicted octanol–water partition coefficient (Wildman–Crippen LogP) is 5.93. The minimum Gasteiger partial charge on any atom is -0.486 e. The van der Waals surface area contributed by atoms with Gasteiger partial charge in [-0.15, -0.1) is 0 Å². The van der Waals surface area contributed by atoms with Crippen LogP contribution >= 0.6 is 11.6 Å². The Balaban J connectivity index is 1.68. The summed E-state index contributed by atoms with van der Waals surface area (Å²) in [4.78, 5) is 4.81. The first-order valence-corrected chi connectivity index (χ1v) is 9.36. The fourth-order valence-electron chi connectivity index (χ4n) is 3.23. The summed E-state index contributed by atoms with van der Waals surface area (Å²) in [5, 5.41) is 0.699. The molecule has 0 amide bonds. The van der Waals surface area contributed by atoms with Crippen LogP contribution in [0.3, 0.4) is 0 Å². The van der Waals surface area contributed by atoms with Crippen LogP contribution in [0.1, 0.15) is 22.5 Å². The molecular formula is C23H21ClN2O. The van der Waals surface area contributed by atoms with Crippen molar-refractivity contribution in [3.05, 3.63) is 94.3 Å². The Labute approximate surface area is 164 Å². The Bertz CT molecular complexity index is 1080. The first-order valence-electron chi connectivity index (χ1n) is 8.99. The van der Waals surface area contributed by atoms with Gasteiger partial charge in [0.25, 0.3) is 0 Å². The molecular weight excluding hydrogens is 356 g/mol. The van der Waals surface area contributed by atoms with Crippen molar-refractivity contribution >= 4 is 22.6 Å². The lowest BCUT2D eigenvalue weighted by Crippen LogP contribution is -2.09. The predicted molar refractivity (Wildman–Crippen MR) is 111 cm³/mol. The van der Waals surface area contributed by atoms with E-state index in [0.29, 0.717) is 11.6 Å². The van der Waals surface area contributed by atoms with Crippen molar-refractivity contribution in [3.63, 3.8) is 0 Å². The molecule has 0 fully saturated rings. The number of para-hydroxylation sites is 2. The molecule has 3 aromatic carbocycles. The van der Waals surface area contributed by atoms with E-state index >= 15 is 0 Å². The van der Waals surface area contributed by atoms with E-state index in [-0.39, 0.29) is 0 Å². The van der Waals surface area contributed by atoms with E-state index in [1.54, 1.807) is 0 Å². The van der Waals surface area contributed by atoms with Crippen LogP contribution in [0, 0.1) is 13.8 Å². The van der Waals surface area contributed by atoms with Crippen molar-refractivity contribution in [2.75, 3.05) is 0 Å². The molecule has 0 atom stereocenters. The topological polar surface area (TPSA) is 27.1 Å². The van der Waals surface area contributed by atoms with Gasteiger partial charge in [-0.25, -0.2) is 4.98 Å². The quantitative estimate of drug-likeness (QED) is 0.431. The lowest BCUT2D eigenvalue weighted by Gasteiger charge is -2.13. The highest BCUT2D eigenvalue weighted by molar-refractivity contribution is 6.30. The molecule has 0 bridgehead atoms. The number of hydrogen-bond donors (Lipinski definition) is 0. The number of fused-ring (bicyclic) bond motifs is 1. The number of imidazole rings is 1. The maximum Gasteiger partial charge on any atom is 0.148 e. The van der Waals surface area contributed by atoms with Gasteiger partial charge >= 0.3 is 0 Å². The van der Waals surface area contributed by atoms with Crippen LogP contribution in [0.2, 0.25) is 5.02 Å². The number of nitrogens with zero attached hydrogens (tertiary/aromatic N) is 2. The second-order valence-corrected chi connectivity index (χ2v) is 7.21. The van der Waals surface area contributed by atoms with Gasteiger partial charge in [0.1, 0.15) is 18.2 Å². The van der Waals surface area contributed by atoms with Crippen molar-refractivity contribution in [2.24, 2.45) is 0 Å². The number of aromatic nitrogens is 2. The van der Waals surface area contributed by atoms with Crippen molar-refractivity contribution in [1.82, 2.24) is 9.55 Å². The Morgan fingerprint density at radius 2 is 1.74 bits per heavy atom. The van der Waals surface area contributed by atoms with Crippen LogP contribution in [0.25, 0.3) is 11.0 Å². The minimum atomic E-state index is 0.404. The van der Waals surface area contributed by atoms with E-state index in [1.165, 1.54) is 16.7 Å². The molecule has 0 radical (unpaired) electrons. The minimum absolute atomic E-state index is 0.404. The van der Waals surface area contributed by atoms with Gasteiger partial charge in [0, 0.05) is 11.6 Å². The van der Waals surface area contributed by atoms with E-state index in [1.807, 2.05) is 42.5 Å². The SMILES string of the molecule is Cc1ccc(C)c(Cn2c(COc3ccc(Cl)cc3)nc3ccccc32)c1. The van der Waals surface area contributed by atoms with Gasteiger partial charge in [-0.05, 0) is 61.4 Å². The van der Waals surface area contributed by atoms with Crippen LogP contribution in [-0.4, -0.2) is 9.55 Å². The Morgan fingerprint density at radius 1 is 0.963 bits per heavy atom. The van der Waals surface area contributed by atoms with E-state index < -0.39 is 0 Å². The van der Waals surface area contributed by atoms with Crippen LogP contribution in [0.4, 0.5) is 0 Å². The van der Waals surface area contributed by atoms with Gasteiger partial charge in [0.15, 0.2) is 0 Å². The van der Waals surface area contributed by atoms with Crippen LogP contribution < -0.4 is 4.74 Å². The van der Waals surface area contributed by atoms with Crippen molar-refractivity contribution in [2.45, 2.75) is 27.0 Å². The Hall–Kier alpha value is -2.78. The first kappa shape index (κ1) is 17.6. The second kappa shape index (κ2) is 7.45. The first-order chi connectivity index (χ1) is 13.1. The smallest absolute Gasteiger partial charge is 0.148 e. The normalized spacial score (nSPS) is 11.1. The van der Waals surface area contributed by atoms with E-state index in [0.717, 1.165) is 29.2 Å². The molecule has 3 nitrogen and oxygen atoms in total. The number of rotatable bonds is 5. The molecule has 0 spiro atoms. The largest absolute Gasteiger partial charge is 0.486 e. The van der Waals surface area contributed by atoms with Crippen LogP contribution in [-0.2, 0) is 13.2 Å². The van der Waals surface area contributed by atoms with E-state index in [4.69, 9.17) is 21.3 Å². The number of aryl methyl sites for hydroxylation is 2. The zero-order valence-corrected chi connectivity index (χ0v) is 16.2. The monoisotopic (exact) mass is 376 g/mol. The molecule has 0 aliphatic rings. The number of ether oxygens (including phenoxy) is 1. The second-order valence-electron chi connectivity index (χ2n) is 6.78. The molecule has 136 valence electrons. The van der Waals surface area contributed by atoms with Crippen LogP contribution in [0.15, 0.2) is 66.7 Å². The van der Waals surface area contributed by atoms with Crippen molar-refractivity contribution in [3.8, 4) is 5.75 Å². The molecule has 0 saturated carbocycles. The summed E-state index contributed by atoms with van der Waals surface area (Å²) in [6.45, 7) is 5.45. The van der Waals surface area contributed by atoms with Crippen molar-refractivity contribution < 1.29 is 4.74 Å². The highest BCUT2D eigenvalue weighted by Crippen LogP contribution is 2.22. The van der Waals surface area contributed by atoms with Gasteiger partial charge in [-0.2, -0.15) is 0 Å². The fourth-order valence-corrected chi connectivity index (χ4v) is 3.36. The van der Waals surface area contributed by atoms with Gasteiger partial charge in [0.2, 0.25) is 0 Å². The molecule has 0 aliphatic heterocycles. The Kier molecular flexibility index (Phi) is 4.87. The third kappa shape index (κ3) is 3.83. The van der Waals surface area contributed by atoms with Gasteiger partial charge in [-0.3, -0.25) is 0 Å². The molecule has 4 rings (SSSR count). The maximum absolute atomic E-state index is 5.97. The van der Waals surface area contributed by atoms with Gasteiger partial charge < -0.3 is 9.30 Å². The molecule has 0 unspecified atom stereocenters. The summed E-state index contributed by atoms with van der Waals surface area (Å²) >= 11 is 5.95. The average molecular weight is 377 g/mol. The zero-order valence-electron chi connectivity index (χ0n) is 15.4. The molecule has 27 heavy (non-hydrogen) atoms. The highest BCUT2D eigenvalue weighted by Gasteiger charge is 2.13. The molecule has 0 N–H and O–H groups in total.